The molecule has 0 aromatic carbocycles. The van der Waals surface area contributed by atoms with Gasteiger partial charge in [-0.05, 0) is 19.8 Å². The summed E-state index contributed by atoms with van der Waals surface area (Å²) < 4.78 is 5.50. The number of rotatable bonds is 6. The molecule has 0 saturated carbocycles. The van der Waals surface area contributed by atoms with E-state index in [1.165, 1.54) is 0 Å². The van der Waals surface area contributed by atoms with Crippen molar-refractivity contribution in [1.29, 1.82) is 0 Å². The molecule has 5 heteroatoms. The van der Waals surface area contributed by atoms with E-state index in [-0.39, 0.29) is 11.7 Å². The standard InChI is InChI=1S/C12H21N3O2/c1-4-7-8-10(13)14-11(15-12(8)16)9(5-2)17-6-3/h9H,4-7H2,1-3H3,(H3,13,14,15,16). The minimum absolute atomic E-state index is 0.146. The maximum atomic E-state index is 11.8. The van der Waals surface area contributed by atoms with Crippen molar-refractivity contribution in [3.63, 3.8) is 0 Å². The van der Waals surface area contributed by atoms with Crippen molar-refractivity contribution >= 4 is 5.82 Å². The van der Waals surface area contributed by atoms with Crippen LogP contribution in [0.4, 0.5) is 5.82 Å². The Morgan fingerprint density at radius 2 is 2.12 bits per heavy atom. The van der Waals surface area contributed by atoms with E-state index in [9.17, 15) is 4.79 Å². The van der Waals surface area contributed by atoms with E-state index in [4.69, 9.17) is 10.5 Å². The Balaban J connectivity index is 3.08. The second kappa shape index (κ2) is 6.39. The molecule has 0 amide bonds. The highest BCUT2D eigenvalue weighted by Crippen LogP contribution is 2.17. The first kappa shape index (κ1) is 13.7. The molecule has 3 N–H and O–H groups in total. The zero-order valence-electron chi connectivity index (χ0n) is 10.7. The third kappa shape index (κ3) is 3.30. The molecule has 1 heterocycles. The molecule has 0 spiro atoms. The normalized spacial score (nSPS) is 12.6. The average Bonchev–Trinajstić information content (AvgIpc) is 2.30. The Labute approximate surface area is 101 Å². The molecule has 1 unspecified atom stereocenters. The number of anilines is 1. The van der Waals surface area contributed by atoms with Crippen molar-refractivity contribution in [3.05, 3.63) is 21.7 Å². The second-order valence-electron chi connectivity index (χ2n) is 3.92. The van der Waals surface area contributed by atoms with E-state index < -0.39 is 0 Å². The zero-order chi connectivity index (χ0) is 12.8. The molecule has 5 nitrogen and oxygen atoms in total. The van der Waals surface area contributed by atoms with Crippen molar-refractivity contribution in [2.75, 3.05) is 12.3 Å². The largest absolute Gasteiger partial charge is 0.383 e. The summed E-state index contributed by atoms with van der Waals surface area (Å²) in [5.41, 5.74) is 6.24. The molecule has 1 atom stereocenters. The fourth-order valence-corrected chi connectivity index (χ4v) is 1.77. The van der Waals surface area contributed by atoms with Crippen LogP contribution in [0.2, 0.25) is 0 Å². The van der Waals surface area contributed by atoms with Crippen LogP contribution in [0.3, 0.4) is 0 Å². The molecule has 0 aliphatic heterocycles. The first-order valence-corrected chi connectivity index (χ1v) is 6.14. The molecule has 17 heavy (non-hydrogen) atoms. The summed E-state index contributed by atoms with van der Waals surface area (Å²) in [7, 11) is 0. The molecule has 0 saturated heterocycles. The van der Waals surface area contributed by atoms with Crippen LogP contribution in [0.1, 0.15) is 51.1 Å². The van der Waals surface area contributed by atoms with Gasteiger partial charge in [0.2, 0.25) is 0 Å². The summed E-state index contributed by atoms with van der Waals surface area (Å²) in [6.07, 6.45) is 2.09. The Bertz CT molecular complexity index is 415. The number of aromatic amines is 1. The van der Waals surface area contributed by atoms with Gasteiger partial charge in [0.05, 0.1) is 5.56 Å². The number of nitrogen functional groups attached to an aromatic ring is 1. The smallest absolute Gasteiger partial charge is 0.256 e. The molecule has 96 valence electrons. The highest BCUT2D eigenvalue weighted by atomic mass is 16.5. The summed E-state index contributed by atoms with van der Waals surface area (Å²) in [6.45, 7) is 6.48. The van der Waals surface area contributed by atoms with E-state index in [1.807, 2.05) is 20.8 Å². The van der Waals surface area contributed by atoms with E-state index in [0.29, 0.717) is 30.2 Å². The molecule has 0 aliphatic carbocycles. The van der Waals surface area contributed by atoms with Crippen molar-refractivity contribution in [2.45, 2.75) is 46.1 Å². The summed E-state index contributed by atoms with van der Waals surface area (Å²) >= 11 is 0. The van der Waals surface area contributed by atoms with Crippen LogP contribution in [0.5, 0.6) is 0 Å². The lowest BCUT2D eigenvalue weighted by molar-refractivity contribution is 0.0534. The van der Waals surface area contributed by atoms with Crippen LogP contribution in [0.25, 0.3) is 0 Å². The topological polar surface area (TPSA) is 81.0 Å². The maximum absolute atomic E-state index is 11.8. The zero-order valence-corrected chi connectivity index (χ0v) is 10.7. The van der Waals surface area contributed by atoms with E-state index in [1.54, 1.807) is 0 Å². The minimum atomic E-state index is -0.189. The van der Waals surface area contributed by atoms with Gasteiger partial charge in [0.1, 0.15) is 17.7 Å². The van der Waals surface area contributed by atoms with Gasteiger partial charge in [0, 0.05) is 6.61 Å². The number of ether oxygens (including phenoxy) is 1. The summed E-state index contributed by atoms with van der Waals surface area (Å²) in [4.78, 5) is 18.8. The Morgan fingerprint density at radius 3 is 2.59 bits per heavy atom. The Hall–Kier alpha value is -1.36. The highest BCUT2D eigenvalue weighted by molar-refractivity contribution is 5.37. The van der Waals surface area contributed by atoms with Crippen LogP contribution in [-0.4, -0.2) is 16.6 Å². The molecule has 0 aliphatic rings. The average molecular weight is 239 g/mol. The summed E-state index contributed by atoms with van der Waals surface area (Å²) in [6, 6.07) is 0. The number of nitrogens with zero attached hydrogens (tertiary/aromatic N) is 1. The highest BCUT2D eigenvalue weighted by Gasteiger charge is 2.15. The molecule has 1 aromatic heterocycles. The lowest BCUT2D eigenvalue weighted by atomic mass is 10.1. The second-order valence-corrected chi connectivity index (χ2v) is 3.92. The van der Waals surface area contributed by atoms with Crippen molar-refractivity contribution in [3.8, 4) is 0 Å². The van der Waals surface area contributed by atoms with Gasteiger partial charge in [-0.2, -0.15) is 0 Å². The SMILES string of the molecule is CCCc1c(N)nc(C(CC)OCC)[nH]c1=O. The van der Waals surface area contributed by atoms with Crippen LogP contribution < -0.4 is 11.3 Å². The quantitative estimate of drug-likeness (QED) is 0.793. The lowest BCUT2D eigenvalue weighted by Gasteiger charge is -2.15. The number of aromatic nitrogens is 2. The molecule has 1 rings (SSSR count). The number of H-pyrrole nitrogens is 1. The first-order chi connectivity index (χ1) is 8.13. The van der Waals surface area contributed by atoms with Gasteiger partial charge in [-0.15, -0.1) is 0 Å². The fraction of sp³-hybridized carbons (Fsp3) is 0.667. The number of nitrogens with one attached hydrogen (secondary N) is 1. The van der Waals surface area contributed by atoms with Crippen LogP contribution >= 0.6 is 0 Å². The molecule has 1 aromatic rings. The van der Waals surface area contributed by atoms with Gasteiger partial charge in [-0.3, -0.25) is 4.79 Å². The molecule has 0 radical (unpaired) electrons. The van der Waals surface area contributed by atoms with Gasteiger partial charge >= 0.3 is 0 Å². The third-order valence-corrected chi connectivity index (χ3v) is 2.61. The Morgan fingerprint density at radius 1 is 1.41 bits per heavy atom. The van der Waals surface area contributed by atoms with Gasteiger partial charge in [0.15, 0.2) is 0 Å². The van der Waals surface area contributed by atoms with Gasteiger partial charge in [-0.25, -0.2) is 4.98 Å². The minimum Gasteiger partial charge on any atom is -0.383 e. The molecule has 0 bridgehead atoms. The third-order valence-electron chi connectivity index (χ3n) is 2.61. The van der Waals surface area contributed by atoms with Crippen molar-refractivity contribution in [2.24, 2.45) is 0 Å². The number of nitrogens with two attached hydrogens (primary N) is 1. The van der Waals surface area contributed by atoms with Crippen LogP contribution in [0, 0.1) is 0 Å². The lowest BCUT2D eigenvalue weighted by Crippen LogP contribution is -2.22. The monoisotopic (exact) mass is 239 g/mol. The fourth-order valence-electron chi connectivity index (χ4n) is 1.77. The van der Waals surface area contributed by atoms with Crippen LogP contribution in [0.15, 0.2) is 4.79 Å². The van der Waals surface area contributed by atoms with Gasteiger partial charge in [0.25, 0.3) is 5.56 Å². The maximum Gasteiger partial charge on any atom is 0.256 e. The van der Waals surface area contributed by atoms with Gasteiger partial charge in [-0.1, -0.05) is 20.3 Å². The summed E-state index contributed by atoms with van der Waals surface area (Å²) in [5, 5.41) is 0. The first-order valence-electron chi connectivity index (χ1n) is 6.14. The van der Waals surface area contributed by atoms with Gasteiger partial charge < -0.3 is 15.5 Å². The van der Waals surface area contributed by atoms with Crippen LogP contribution in [-0.2, 0) is 11.2 Å². The molecular weight excluding hydrogens is 218 g/mol. The number of hydrogen-bond acceptors (Lipinski definition) is 4. The van der Waals surface area contributed by atoms with E-state index >= 15 is 0 Å². The molecular formula is C12H21N3O2. The molecule has 0 fully saturated rings. The van der Waals surface area contributed by atoms with Crippen molar-refractivity contribution < 1.29 is 4.74 Å². The predicted molar refractivity (Wildman–Crippen MR) is 67.9 cm³/mol. The van der Waals surface area contributed by atoms with E-state index in [2.05, 4.69) is 9.97 Å². The van der Waals surface area contributed by atoms with Crippen molar-refractivity contribution in [1.82, 2.24) is 9.97 Å². The van der Waals surface area contributed by atoms with E-state index in [0.717, 1.165) is 12.8 Å². The Kier molecular flexibility index (Phi) is 5.15. The predicted octanol–water partition coefficient (Wildman–Crippen LogP) is 1.79. The number of hydrogen-bond donors (Lipinski definition) is 2. The summed E-state index contributed by atoms with van der Waals surface area (Å²) in [5.74, 6) is 0.848.